The van der Waals surface area contributed by atoms with Crippen LogP contribution in [0.1, 0.15) is 25.7 Å². The van der Waals surface area contributed by atoms with Crippen LogP contribution in [0.2, 0.25) is 0 Å². The zero-order chi connectivity index (χ0) is 9.19. The minimum absolute atomic E-state index is 0.534. The van der Waals surface area contributed by atoms with Gasteiger partial charge in [0.2, 0.25) is 0 Å². The van der Waals surface area contributed by atoms with E-state index in [9.17, 15) is 10.2 Å². The van der Waals surface area contributed by atoms with E-state index in [0.29, 0.717) is 6.54 Å². The molecule has 12 heavy (non-hydrogen) atoms. The number of rotatable bonds is 2. The van der Waals surface area contributed by atoms with Crippen molar-refractivity contribution in [1.29, 1.82) is 0 Å². The van der Waals surface area contributed by atoms with E-state index in [1.54, 1.807) is 0 Å². The van der Waals surface area contributed by atoms with Gasteiger partial charge in [-0.15, -0.1) is 0 Å². The molecule has 2 N–H and O–H groups in total. The first kappa shape index (κ1) is 9.96. The van der Waals surface area contributed by atoms with Crippen molar-refractivity contribution in [3.8, 4) is 0 Å². The van der Waals surface area contributed by atoms with Gasteiger partial charge in [-0.05, 0) is 26.9 Å². The topological polar surface area (TPSA) is 43.7 Å². The third-order valence-electron chi connectivity index (χ3n) is 2.55. The van der Waals surface area contributed by atoms with Crippen LogP contribution in [-0.2, 0) is 0 Å². The van der Waals surface area contributed by atoms with Gasteiger partial charge >= 0.3 is 0 Å². The molecule has 0 spiro atoms. The summed E-state index contributed by atoms with van der Waals surface area (Å²) in [5.74, 6) is 0. The Morgan fingerprint density at radius 1 is 1.42 bits per heavy atom. The molecule has 2 atom stereocenters. The maximum absolute atomic E-state index is 10.0. The standard InChI is InChI=1S/C9H19NO2/c1-10(2)7-9(12)6-4-3-5-8(9)11/h8,11-12H,3-7H2,1-2H3. The Kier molecular flexibility index (Phi) is 3.09. The minimum Gasteiger partial charge on any atom is -0.390 e. The van der Waals surface area contributed by atoms with Crippen molar-refractivity contribution in [1.82, 2.24) is 4.90 Å². The van der Waals surface area contributed by atoms with Crippen LogP contribution < -0.4 is 0 Å². The van der Waals surface area contributed by atoms with E-state index in [-0.39, 0.29) is 0 Å². The maximum atomic E-state index is 10.0. The summed E-state index contributed by atoms with van der Waals surface area (Å²) >= 11 is 0. The quantitative estimate of drug-likeness (QED) is 0.627. The van der Waals surface area contributed by atoms with E-state index < -0.39 is 11.7 Å². The fourth-order valence-corrected chi connectivity index (χ4v) is 1.94. The molecule has 0 radical (unpaired) electrons. The lowest BCUT2D eigenvalue weighted by atomic mass is 9.82. The molecule has 1 rings (SSSR count). The van der Waals surface area contributed by atoms with Gasteiger partial charge in [-0.2, -0.15) is 0 Å². The molecule has 0 aromatic carbocycles. The lowest BCUT2D eigenvalue weighted by Crippen LogP contribution is -2.51. The molecule has 1 fully saturated rings. The molecule has 0 aromatic heterocycles. The van der Waals surface area contributed by atoms with Crippen LogP contribution >= 0.6 is 0 Å². The first-order valence-corrected chi connectivity index (χ1v) is 4.60. The fourth-order valence-electron chi connectivity index (χ4n) is 1.94. The van der Waals surface area contributed by atoms with E-state index in [1.807, 2.05) is 19.0 Å². The summed E-state index contributed by atoms with van der Waals surface area (Å²) in [5, 5.41) is 19.6. The smallest absolute Gasteiger partial charge is 0.103 e. The Labute approximate surface area is 74.0 Å². The highest BCUT2D eigenvalue weighted by molar-refractivity contribution is 4.91. The summed E-state index contributed by atoms with van der Waals surface area (Å²) in [6, 6.07) is 0. The zero-order valence-corrected chi connectivity index (χ0v) is 7.95. The Hall–Kier alpha value is -0.120. The number of likely N-dealkylation sites (N-methyl/N-ethyl adjacent to an activating group) is 1. The molecule has 1 aliphatic rings. The van der Waals surface area contributed by atoms with E-state index >= 15 is 0 Å². The number of aliphatic hydroxyl groups excluding tert-OH is 1. The lowest BCUT2D eigenvalue weighted by Gasteiger charge is -2.38. The van der Waals surface area contributed by atoms with Gasteiger partial charge < -0.3 is 15.1 Å². The molecule has 1 aliphatic carbocycles. The van der Waals surface area contributed by atoms with Crippen molar-refractivity contribution >= 4 is 0 Å². The van der Waals surface area contributed by atoms with Crippen molar-refractivity contribution in [2.75, 3.05) is 20.6 Å². The van der Waals surface area contributed by atoms with Crippen molar-refractivity contribution in [2.45, 2.75) is 37.4 Å². The van der Waals surface area contributed by atoms with Crippen molar-refractivity contribution < 1.29 is 10.2 Å². The van der Waals surface area contributed by atoms with Gasteiger partial charge in [-0.25, -0.2) is 0 Å². The molecule has 3 heteroatoms. The highest BCUT2D eigenvalue weighted by Gasteiger charge is 2.37. The van der Waals surface area contributed by atoms with E-state index in [1.165, 1.54) is 0 Å². The van der Waals surface area contributed by atoms with Gasteiger partial charge in [-0.1, -0.05) is 12.8 Å². The lowest BCUT2D eigenvalue weighted by molar-refractivity contribution is -0.110. The first-order chi connectivity index (χ1) is 5.54. The molecule has 0 saturated heterocycles. The summed E-state index contributed by atoms with van der Waals surface area (Å²) in [7, 11) is 3.83. The van der Waals surface area contributed by atoms with Crippen LogP contribution in [0.25, 0.3) is 0 Å². The van der Waals surface area contributed by atoms with E-state index in [4.69, 9.17) is 0 Å². The monoisotopic (exact) mass is 173 g/mol. The van der Waals surface area contributed by atoms with Crippen molar-refractivity contribution in [3.05, 3.63) is 0 Å². The summed E-state index contributed by atoms with van der Waals surface area (Å²) in [4.78, 5) is 1.93. The summed E-state index contributed by atoms with van der Waals surface area (Å²) in [6.07, 6.45) is 3.00. The second kappa shape index (κ2) is 3.73. The fraction of sp³-hybridized carbons (Fsp3) is 1.00. The van der Waals surface area contributed by atoms with Crippen LogP contribution in [-0.4, -0.2) is 47.5 Å². The Morgan fingerprint density at radius 2 is 2.08 bits per heavy atom. The molecule has 0 bridgehead atoms. The van der Waals surface area contributed by atoms with Gasteiger partial charge in [0.05, 0.1) is 6.10 Å². The highest BCUT2D eigenvalue weighted by Crippen LogP contribution is 2.28. The van der Waals surface area contributed by atoms with Crippen molar-refractivity contribution in [2.24, 2.45) is 0 Å². The molecule has 72 valence electrons. The van der Waals surface area contributed by atoms with Crippen LogP contribution in [0.3, 0.4) is 0 Å². The molecule has 3 nitrogen and oxygen atoms in total. The van der Waals surface area contributed by atoms with E-state index in [2.05, 4.69) is 0 Å². The predicted octanol–water partition coefficient (Wildman–Crippen LogP) is 0.214. The molecule has 0 amide bonds. The molecule has 0 heterocycles. The molecule has 0 aromatic rings. The Balaban J connectivity index is 2.53. The summed E-state index contributed by atoms with van der Waals surface area (Å²) in [5.41, 5.74) is -0.859. The second-order valence-electron chi connectivity index (χ2n) is 4.10. The van der Waals surface area contributed by atoms with Gasteiger partial charge in [0, 0.05) is 6.54 Å². The number of nitrogens with zero attached hydrogens (tertiary/aromatic N) is 1. The first-order valence-electron chi connectivity index (χ1n) is 4.60. The molecular formula is C9H19NO2. The number of hydrogen-bond acceptors (Lipinski definition) is 3. The molecular weight excluding hydrogens is 154 g/mol. The maximum Gasteiger partial charge on any atom is 0.103 e. The predicted molar refractivity (Wildman–Crippen MR) is 48.0 cm³/mol. The SMILES string of the molecule is CN(C)CC1(O)CCCCC1O. The summed E-state index contributed by atoms with van der Waals surface area (Å²) < 4.78 is 0. The Morgan fingerprint density at radius 3 is 2.58 bits per heavy atom. The van der Waals surface area contributed by atoms with E-state index in [0.717, 1.165) is 25.7 Å². The van der Waals surface area contributed by atoms with Gasteiger partial charge in [0.25, 0.3) is 0 Å². The molecule has 0 aliphatic heterocycles. The third-order valence-corrected chi connectivity index (χ3v) is 2.55. The van der Waals surface area contributed by atoms with Crippen LogP contribution in [0.15, 0.2) is 0 Å². The largest absolute Gasteiger partial charge is 0.390 e. The number of aliphatic hydroxyl groups is 2. The number of hydrogen-bond donors (Lipinski definition) is 2. The van der Waals surface area contributed by atoms with Crippen LogP contribution in [0.4, 0.5) is 0 Å². The van der Waals surface area contributed by atoms with Crippen LogP contribution in [0.5, 0.6) is 0 Å². The average molecular weight is 173 g/mol. The summed E-state index contributed by atoms with van der Waals surface area (Å²) in [6.45, 7) is 0.564. The van der Waals surface area contributed by atoms with Gasteiger partial charge in [0.15, 0.2) is 0 Å². The Bertz CT molecular complexity index is 149. The van der Waals surface area contributed by atoms with Crippen molar-refractivity contribution in [3.63, 3.8) is 0 Å². The van der Waals surface area contributed by atoms with Gasteiger partial charge in [0.1, 0.15) is 5.60 Å². The second-order valence-corrected chi connectivity index (χ2v) is 4.10. The molecule has 1 saturated carbocycles. The zero-order valence-electron chi connectivity index (χ0n) is 7.95. The highest BCUT2D eigenvalue weighted by atomic mass is 16.3. The van der Waals surface area contributed by atoms with Crippen LogP contribution in [0, 0.1) is 0 Å². The minimum atomic E-state index is -0.859. The third kappa shape index (κ3) is 2.19. The molecule has 2 unspecified atom stereocenters. The van der Waals surface area contributed by atoms with Gasteiger partial charge in [-0.3, -0.25) is 0 Å². The normalized spacial score (nSPS) is 37.2. The average Bonchev–Trinajstić information content (AvgIpc) is 1.94.